The Morgan fingerprint density at radius 1 is 0.657 bits per heavy atom. The van der Waals surface area contributed by atoms with Crippen LogP contribution in [0, 0.1) is 0 Å². The molecule has 0 saturated carbocycles. The molecule has 6 heteroatoms. The molecule has 0 aliphatic heterocycles. The highest BCUT2D eigenvalue weighted by Crippen LogP contribution is 2.33. The maximum absolute atomic E-state index is 11.4. The monoisotopic (exact) mass is 480 g/mol. The fourth-order valence-electron chi connectivity index (χ4n) is 3.18. The average Bonchev–Trinajstić information content (AvgIpc) is 2.83. The summed E-state index contributed by atoms with van der Waals surface area (Å²) in [6.07, 6.45) is 1.22. The van der Waals surface area contributed by atoms with E-state index in [2.05, 4.69) is 51.3 Å². The smallest absolute Gasteiger partial charge is 0.333 e. The lowest BCUT2D eigenvalue weighted by Gasteiger charge is -2.26. The molecule has 6 nitrogen and oxygen atoms in total. The summed E-state index contributed by atoms with van der Waals surface area (Å²) in [5.41, 5.74) is 2.90. The van der Waals surface area contributed by atoms with Crippen LogP contribution in [-0.4, -0.2) is 38.4 Å². The molecule has 0 N–H and O–H groups in total. The average molecular weight is 481 g/mol. The quantitative estimate of drug-likeness (QED) is 0.194. The molecular formula is C29H36O6. The minimum absolute atomic E-state index is 0.204. The molecule has 0 unspecified atom stereocenters. The summed E-state index contributed by atoms with van der Waals surface area (Å²) in [5, 5.41) is 0. The van der Waals surface area contributed by atoms with E-state index < -0.39 is 0 Å². The molecule has 2 aromatic rings. The first kappa shape index (κ1) is 27.7. The van der Waals surface area contributed by atoms with Gasteiger partial charge < -0.3 is 18.9 Å². The second-order valence-electron chi connectivity index (χ2n) is 8.91. The van der Waals surface area contributed by atoms with Crippen molar-refractivity contribution < 1.29 is 28.5 Å². The first-order chi connectivity index (χ1) is 16.6. The number of benzene rings is 2. The summed E-state index contributed by atoms with van der Waals surface area (Å²) in [5.74, 6) is 0.789. The standard InChI is InChI=1S/C29H36O6/c1-21(2)27(30)34-19-7-17-32-25-13-9-23(10-14-25)29(5,6)24-11-15-26(16-12-24)33-18-8-20-35-28(31)22(3)4/h9-16H,1,3,7-8,17-20H2,2,4-6H3. The van der Waals surface area contributed by atoms with Crippen molar-refractivity contribution in [1.82, 2.24) is 0 Å². The molecule has 0 aliphatic rings. The summed E-state index contributed by atoms with van der Waals surface area (Å²) >= 11 is 0. The minimum Gasteiger partial charge on any atom is -0.493 e. The highest BCUT2D eigenvalue weighted by molar-refractivity contribution is 5.87. The number of hydrogen-bond acceptors (Lipinski definition) is 6. The molecule has 2 rings (SSSR count). The van der Waals surface area contributed by atoms with Crippen molar-refractivity contribution in [3.05, 3.63) is 84.0 Å². The van der Waals surface area contributed by atoms with E-state index in [0.29, 0.717) is 50.4 Å². The van der Waals surface area contributed by atoms with E-state index in [0.717, 1.165) is 22.6 Å². The largest absolute Gasteiger partial charge is 0.493 e. The van der Waals surface area contributed by atoms with Crippen molar-refractivity contribution >= 4 is 11.9 Å². The van der Waals surface area contributed by atoms with Crippen molar-refractivity contribution in [2.75, 3.05) is 26.4 Å². The zero-order chi connectivity index (χ0) is 25.8. The summed E-state index contributed by atoms with van der Waals surface area (Å²) in [6, 6.07) is 16.1. The number of hydrogen-bond donors (Lipinski definition) is 0. The van der Waals surface area contributed by atoms with Gasteiger partial charge in [-0.2, -0.15) is 0 Å². The lowest BCUT2D eigenvalue weighted by molar-refractivity contribution is -0.140. The first-order valence-corrected chi connectivity index (χ1v) is 11.7. The maximum atomic E-state index is 11.4. The Balaban J connectivity index is 1.81. The Hall–Kier alpha value is -3.54. The molecule has 0 fully saturated rings. The van der Waals surface area contributed by atoms with Gasteiger partial charge in [0.15, 0.2) is 0 Å². The van der Waals surface area contributed by atoms with Gasteiger partial charge in [0, 0.05) is 29.4 Å². The van der Waals surface area contributed by atoms with E-state index in [1.54, 1.807) is 13.8 Å². The number of ether oxygens (including phenoxy) is 4. The van der Waals surface area contributed by atoms with Crippen LogP contribution < -0.4 is 9.47 Å². The molecule has 188 valence electrons. The normalized spacial score (nSPS) is 10.9. The van der Waals surface area contributed by atoms with Gasteiger partial charge in [-0.1, -0.05) is 51.3 Å². The second-order valence-corrected chi connectivity index (χ2v) is 8.91. The number of esters is 2. The molecule has 0 heterocycles. The maximum Gasteiger partial charge on any atom is 0.333 e. The third-order valence-electron chi connectivity index (χ3n) is 5.43. The van der Waals surface area contributed by atoms with Crippen LogP contribution in [0.5, 0.6) is 11.5 Å². The van der Waals surface area contributed by atoms with Crippen LogP contribution in [0.15, 0.2) is 72.8 Å². The Bertz CT molecular complexity index is 921. The third kappa shape index (κ3) is 8.96. The van der Waals surface area contributed by atoms with Crippen molar-refractivity contribution in [2.45, 2.75) is 46.0 Å². The summed E-state index contributed by atoms with van der Waals surface area (Å²) in [6.45, 7) is 16.2. The molecular weight excluding hydrogens is 444 g/mol. The molecule has 0 aromatic heterocycles. The van der Waals surface area contributed by atoms with Gasteiger partial charge in [-0.3, -0.25) is 0 Å². The SMILES string of the molecule is C=C(C)C(=O)OCCCOc1ccc(C(C)(C)c2ccc(OCCCOC(=O)C(=C)C)cc2)cc1. The summed E-state index contributed by atoms with van der Waals surface area (Å²) in [7, 11) is 0. The Kier molecular flexibility index (Phi) is 10.6. The van der Waals surface area contributed by atoms with E-state index in [-0.39, 0.29) is 17.4 Å². The van der Waals surface area contributed by atoms with Gasteiger partial charge in [0.05, 0.1) is 26.4 Å². The Morgan fingerprint density at radius 3 is 1.31 bits per heavy atom. The number of carbonyl (C=O) groups is 2. The van der Waals surface area contributed by atoms with Crippen LogP contribution in [0.3, 0.4) is 0 Å². The lowest BCUT2D eigenvalue weighted by Crippen LogP contribution is -2.18. The van der Waals surface area contributed by atoms with Gasteiger partial charge in [-0.15, -0.1) is 0 Å². The van der Waals surface area contributed by atoms with Crippen molar-refractivity contribution in [2.24, 2.45) is 0 Å². The van der Waals surface area contributed by atoms with Crippen LogP contribution in [0.1, 0.15) is 51.7 Å². The molecule has 0 bridgehead atoms. The van der Waals surface area contributed by atoms with Gasteiger partial charge in [-0.25, -0.2) is 9.59 Å². The topological polar surface area (TPSA) is 71.1 Å². The molecule has 0 atom stereocenters. The van der Waals surface area contributed by atoms with Gasteiger partial charge in [0.2, 0.25) is 0 Å². The number of rotatable bonds is 14. The van der Waals surface area contributed by atoms with Crippen LogP contribution in [0.2, 0.25) is 0 Å². The van der Waals surface area contributed by atoms with Crippen molar-refractivity contribution in [1.29, 1.82) is 0 Å². The van der Waals surface area contributed by atoms with E-state index >= 15 is 0 Å². The molecule has 0 amide bonds. The Morgan fingerprint density at radius 2 is 1.00 bits per heavy atom. The molecule has 0 aliphatic carbocycles. The molecule has 35 heavy (non-hydrogen) atoms. The highest BCUT2D eigenvalue weighted by atomic mass is 16.5. The highest BCUT2D eigenvalue weighted by Gasteiger charge is 2.23. The van der Waals surface area contributed by atoms with Crippen molar-refractivity contribution in [3.8, 4) is 11.5 Å². The van der Waals surface area contributed by atoms with E-state index in [1.165, 1.54) is 0 Å². The van der Waals surface area contributed by atoms with Gasteiger partial charge in [0.1, 0.15) is 11.5 Å². The molecule has 0 saturated heterocycles. The van der Waals surface area contributed by atoms with Crippen molar-refractivity contribution in [3.63, 3.8) is 0 Å². The lowest BCUT2D eigenvalue weighted by atomic mass is 9.78. The zero-order valence-electron chi connectivity index (χ0n) is 21.2. The van der Waals surface area contributed by atoms with Crippen LogP contribution >= 0.6 is 0 Å². The van der Waals surface area contributed by atoms with Crippen LogP contribution in [-0.2, 0) is 24.5 Å². The predicted molar refractivity (Wildman–Crippen MR) is 137 cm³/mol. The first-order valence-electron chi connectivity index (χ1n) is 11.7. The third-order valence-corrected chi connectivity index (χ3v) is 5.43. The predicted octanol–water partition coefficient (Wildman–Crippen LogP) is 5.79. The molecule has 0 spiro atoms. The van der Waals surface area contributed by atoms with E-state index in [9.17, 15) is 9.59 Å². The minimum atomic E-state index is -0.377. The molecule has 0 radical (unpaired) electrons. The summed E-state index contributed by atoms with van der Waals surface area (Å²) in [4.78, 5) is 22.7. The van der Waals surface area contributed by atoms with Crippen LogP contribution in [0.4, 0.5) is 0 Å². The second kappa shape index (κ2) is 13.4. The zero-order valence-corrected chi connectivity index (χ0v) is 21.2. The van der Waals surface area contributed by atoms with Crippen LogP contribution in [0.25, 0.3) is 0 Å². The van der Waals surface area contributed by atoms with Gasteiger partial charge >= 0.3 is 11.9 Å². The molecule has 2 aromatic carbocycles. The summed E-state index contributed by atoms with van der Waals surface area (Å²) < 4.78 is 21.6. The number of carbonyl (C=O) groups excluding carboxylic acids is 2. The van der Waals surface area contributed by atoms with E-state index in [1.807, 2.05) is 24.3 Å². The fraction of sp³-hybridized carbons (Fsp3) is 0.379. The Labute approximate surface area is 208 Å². The van der Waals surface area contributed by atoms with Gasteiger partial charge in [-0.05, 0) is 49.2 Å². The van der Waals surface area contributed by atoms with Gasteiger partial charge in [0.25, 0.3) is 0 Å². The van der Waals surface area contributed by atoms with E-state index in [4.69, 9.17) is 18.9 Å². The fourth-order valence-corrected chi connectivity index (χ4v) is 3.18.